The van der Waals surface area contributed by atoms with Gasteiger partial charge in [-0.3, -0.25) is 0 Å². The summed E-state index contributed by atoms with van der Waals surface area (Å²) >= 11 is 0. The number of aromatic nitrogens is 4. The van der Waals surface area contributed by atoms with Gasteiger partial charge in [0.25, 0.3) is 0 Å². The van der Waals surface area contributed by atoms with Crippen molar-refractivity contribution < 1.29 is 9.47 Å². The fourth-order valence-corrected chi connectivity index (χ4v) is 3.12. The molecule has 7 nitrogen and oxygen atoms in total. The van der Waals surface area contributed by atoms with Gasteiger partial charge in [0.1, 0.15) is 6.33 Å². The van der Waals surface area contributed by atoms with Gasteiger partial charge in [-0.05, 0) is 53.4 Å². The van der Waals surface area contributed by atoms with Crippen LogP contribution in [0.4, 0.5) is 0 Å². The molecule has 1 fully saturated rings. The Kier molecular flexibility index (Phi) is 4.53. The van der Waals surface area contributed by atoms with Crippen molar-refractivity contribution in [3.05, 3.63) is 30.1 Å². The van der Waals surface area contributed by atoms with Gasteiger partial charge < -0.3 is 14.8 Å². The summed E-state index contributed by atoms with van der Waals surface area (Å²) in [7, 11) is 3.29. The minimum Gasteiger partial charge on any atom is -0.493 e. The van der Waals surface area contributed by atoms with Crippen LogP contribution in [0.3, 0.4) is 0 Å². The first-order valence-corrected chi connectivity index (χ1v) is 7.48. The van der Waals surface area contributed by atoms with E-state index in [2.05, 4.69) is 26.9 Å². The Labute approximate surface area is 129 Å². The number of methoxy groups -OCH3 is 2. The Morgan fingerprint density at radius 2 is 2.14 bits per heavy atom. The summed E-state index contributed by atoms with van der Waals surface area (Å²) in [6.45, 7) is 2.03. The van der Waals surface area contributed by atoms with Crippen molar-refractivity contribution in [2.75, 3.05) is 27.3 Å². The van der Waals surface area contributed by atoms with Crippen LogP contribution in [0.1, 0.15) is 24.4 Å². The average molecular weight is 303 g/mol. The number of tetrazole rings is 1. The van der Waals surface area contributed by atoms with Gasteiger partial charge in [0.2, 0.25) is 0 Å². The number of piperidine rings is 1. The molecule has 0 bridgehead atoms. The van der Waals surface area contributed by atoms with Gasteiger partial charge in [0, 0.05) is 6.54 Å². The molecule has 22 heavy (non-hydrogen) atoms. The zero-order valence-electron chi connectivity index (χ0n) is 12.9. The Morgan fingerprint density at radius 1 is 1.27 bits per heavy atom. The first kappa shape index (κ1) is 14.8. The first-order valence-electron chi connectivity index (χ1n) is 7.48. The SMILES string of the molecule is COc1ccc([C@H]([C@H]2CCCNC2)n2cnnn2)cc1OC. The van der Waals surface area contributed by atoms with Gasteiger partial charge in [0.15, 0.2) is 11.5 Å². The molecule has 1 N–H and O–H groups in total. The highest BCUT2D eigenvalue weighted by Crippen LogP contribution is 2.35. The zero-order chi connectivity index (χ0) is 15.4. The molecule has 1 aliphatic heterocycles. The largest absolute Gasteiger partial charge is 0.493 e. The number of nitrogens with zero attached hydrogens (tertiary/aromatic N) is 4. The average Bonchev–Trinajstić information content (AvgIpc) is 3.10. The first-order chi connectivity index (χ1) is 10.8. The predicted molar refractivity (Wildman–Crippen MR) is 81.1 cm³/mol. The van der Waals surface area contributed by atoms with Crippen molar-refractivity contribution in [2.45, 2.75) is 18.9 Å². The van der Waals surface area contributed by atoms with Gasteiger partial charge in [-0.15, -0.1) is 5.10 Å². The molecule has 2 atom stereocenters. The standard InChI is InChI=1S/C15H21N5O2/c1-21-13-6-5-11(8-14(13)22-2)15(20-10-17-18-19-20)12-4-3-7-16-9-12/h5-6,8,10,12,15-16H,3-4,7,9H2,1-2H3/t12-,15+/m0/s1. The lowest BCUT2D eigenvalue weighted by molar-refractivity contribution is 0.277. The van der Waals surface area contributed by atoms with E-state index in [1.807, 2.05) is 16.8 Å². The van der Waals surface area contributed by atoms with E-state index in [1.165, 1.54) is 0 Å². The van der Waals surface area contributed by atoms with Crippen molar-refractivity contribution in [1.82, 2.24) is 25.5 Å². The highest BCUT2D eigenvalue weighted by atomic mass is 16.5. The third-order valence-corrected chi connectivity index (χ3v) is 4.18. The fraction of sp³-hybridized carbons (Fsp3) is 0.533. The summed E-state index contributed by atoms with van der Waals surface area (Å²) in [6, 6.07) is 6.09. The van der Waals surface area contributed by atoms with Gasteiger partial charge in [-0.25, -0.2) is 4.68 Å². The molecular formula is C15H21N5O2. The molecule has 0 saturated carbocycles. The minimum absolute atomic E-state index is 0.0857. The van der Waals surface area contributed by atoms with Crippen molar-refractivity contribution in [3.8, 4) is 11.5 Å². The zero-order valence-corrected chi connectivity index (χ0v) is 12.9. The van der Waals surface area contributed by atoms with E-state index in [1.54, 1.807) is 20.5 Å². The Bertz CT molecular complexity index is 596. The molecule has 1 saturated heterocycles. The molecule has 1 aromatic heterocycles. The van der Waals surface area contributed by atoms with Crippen molar-refractivity contribution >= 4 is 0 Å². The Morgan fingerprint density at radius 3 is 2.77 bits per heavy atom. The van der Waals surface area contributed by atoms with Crippen LogP contribution in [-0.2, 0) is 0 Å². The van der Waals surface area contributed by atoms with Crippen molar-refractivity contribution in [1.29, 1.82) is 0 Å². The highest BCUT2D eigenvalue weighted by Gasteiger charge is 2.28. The summed E-state index contributed by atoms with van der Waals surface area (Å²) in [5.41, 5.74) is 1.12. The van der Waals surface area contributed by atoms with E-state index in [9.17, 15) is 0 Å². The van der Waals surface area contributed by atoms with E-state index in [0.717, 1.165) is 43.0 Å². The lowest BCUT2D eigenvalue weighted by atomic mass is 9.87. The highest BCUT2D eigenvalue weighted by molar-refractivity contribution is 5.44. The molecule has 0 aliphatic carbocycles. The van der Waals surface area contributed by atoms with Crippen LogP contribution in [0, 0.1) is 5.92 Å². The lowest BCUT2D eigenvalue weighted by Crippen LogP contribution is -2.36. The van der Waals surface area contributed by atoms with Gasteiger partial charge in [-0.1, -0.05) is 6.07 Å². The third kappa shape index (κ3) is 2.89. The summed E-state index contributed by atoms with van der Waals surface area (Å²) in [5, 5.41) is 15.2. The van der Waals surface area contributed by atoms with Gasteiger partial charge in [-0.2, -0.15) is 0 Å². The second kappa shape index (κ2) is 6.74. The second-order valence-electron chi connectivity index (χ2n) is 5.46. The lowest BCUT2D eigenvalue weighted by Gasteiger charge is -2.31. The maximum absolute atomic E-state index is 5.43. The van der Waals surface area contributed by atoms with E-state index >= 15 is 0 Å². The van der Waals surface area contributed by atoms with Crippen LogP contribution < -0.4 is 14.8 Å². The summed E-state index contributed by atoms with van der Waals surface area (Å²) in [6.07, 6.45) is 3.98. The van der Waals surface area contributed by atoms with Gasteiger partial charge >= 0.3 is 0 Å². The number of ether oxygens (including phenoxy) is 2. The maximum atomic E-state index is 5.43. The molecule has 2 heterocycles. The third-order valence-electron chi connectivity index (χ3n) is 4.18. The Balaban J connectivity index is 1.98. The van der Waals surface area contributed by atoms with Crippen LogP contribution in [0.25, 0.3) is 0 Å². The molecule has 118 valence electrons. The number of hydrogen-bond donors (Lipinski definition) is 1. The van der Waals surface area contributed by atoms with Gasteiger partial charge in [0.05, 0.1) is 20.3 Å². The Hall–Kier alpha value is -2.15. The predicted octanol–water partition coefficient (Wildman–Crippen LogP) is 1.28. The van der Waals surface area contributed by atoms with E-state index in [0.29, 0.717) is 5.92 Å². The molecule has 0 amide bonds. The van der Waals surface area contributed by atoms with Crippen molar-refractivity contribution in [2.24, 2.45) is 5.92 Å². The van der Waals surface area contributed by atoms with E-state index < -0.39 is 0 Å². The summed E-state index contributed by atoms with van der Waals surface area (Å²) < 4.78 is 12.6. The van der Waals surface area contributed by atoms with Crippen LogP contribution in [-0.4, -0.2) is 47.5 Å². The molecule has 7 heteroatoms. The van der Waals surface area contributed by atoms with Crippen LogP contribution >= 0.6 is 0 Å². The number of rotatable bonds is 5. The smallest absolute Gasteiger partial charge is 0.161 e. The van der Waals surface area contributed by atoms with Crippen LogP contribution in [0.15, 0.2) is 24.5 Å². The van der Waals surface area contributed by atoms with Crippen LogP contribution in [0.5, 0.6) is 11.5 Å². The molecule has 0 radical (unpaired) electrons. The topological polar surface area (TPSA) is 74.1 Å². The number of hydrogen-bond acceptors (Lipinski definition) is 6. The number of benzene rings is 1. The molecule has 1 aliphatic rings. The monoisotopic (exact) mass is 303 g/mol. The van der Waals surface area contributed by atoms with E-state index in [-0.39, 0.29) is 6.04 Å². The molecule has 2 aromatic rings. The van der Waals surface area contributed by atoms with Crippen LogP contribution in [0.2, 0.25) is 0 Å². The normalized spacial score (nSPS) is 19.6. The number of nitrogens with one attached hydrogen (secondary N) is 1. The van der Waals surface area contributed by atoms with E-state index in [4.69, 9.17) is 9.47 Å². The molecule has 0 unspecified atom stereocenters. The molecule has 1 aromatic carbocycles. The fourth-order valence-electron chi connectivity index (χ4n) is 3.12. The second-order valence-corrected chi connectivity index (χ2v) is 5.46. The summed E-state index contributed by atoms with van der Waals surface area (Å²) in [4.78, 5) is 0. The molecule has 3 rings (SSSR count). The minimum atomic E-state index is 0.0857. The molecular weight excluding hydrogens is 282 g/mol. The maximum Gasteiger partial charge on any atom is 0.161 e. The quantitative estimate of drug-likeness (QED) is 0.897. The molecule has 0 spiro atoms. The van der Waals surface area contributed by atoms with Crippen molar-refractivity contribution in [3.63, 3.8) is 0 Å². The summed E-state index contributed by atoms with van der Waals surface area (Å²) in [5.74, 6) is 1.89.